The van der Waals surface area contributed by atoms with E-state index in [4.69, 9.17) is 16.6 Å². The van der Waals surface area contributed by atoms with Gasteiger partial charge in [0.05, 0.1) is 15.6 Å². The first-order chi connectivity index (χ1) is 17.9. The molecular weight excluding hydrogens is 507 g/mol. The van der Waals surface area contributed by atoms with Crippen molar-refractivity contribution in [1.29, 1.82) is 0 Å². The Morgan fingerprint density at radius 3 is 2.41 bits per heavy atom. The molecule has 2 aliphatic rings. The van der Waals surface area contributed by atoms with Crippen molar-refractivity contribution in [3.8, 4) is 5.69 Å². The number of anilines is 1. The van der Waals surface area contributed by atoms with Gasteiger partial charge in [-0.3, -0.25) is 9.69 Å². The number of piperidine rings is 1. The van der Waals surface area contributed by atoms with E-state index >= 15 is 0 Å². The van der Waals surface area contributed by atoms with Crippen LogP contribution in [0.2, 0.25) is 5.02 Å². The molecule has 0 saturated carbocycles. The smallest absolute Gasteiger partial charge is 0.266 e. The molecule has 0 radical (unpaired) electrons. The predicted octanol–water partition coefficient (Wildman–Crippen LogP) is 7.50. The number of hydrogen-bond donors (Lipinski definition) is 0. The van der Waals surface area contributed by atoms with Gasteiger partial charge in [-0.15, -0.1) is 0 Å². The summed E-state index contributed by atoms with van der Waals surface area (Å²) in [5.74, 6) is -0.499. The van der Waals surface area contributed by atoms with E-state index in [1.807, 2.05) is 49.6 Å². The molecule has 5 nitrogen and oxygen atoms in total. The van der Waals surface area contributed by atoms with Crippen LogP contribution in [0.15, 0.2) is 58.4 Å². The summed E-state index contributed by atoms with van der Waals surface area (Å²) in [5.41, 5.74) is 5.69. The number of carbonyl (C=O) groups is 1. The third-order valence-electron chi connectivity index (χ3n) is 6.92. The molecular formula is C29H30ClFN4OS. The van der Waals surface area contributed by atoms with Gasteiger partial charge in [0, 0.05) is 42.4 Å². The fourth-order valence-electron chi connectivity index (χ4n) is 4.97. The highest BCUT2D eigenvalue weighted by atomic mass is 35.5. The molecule has 0 spiro atoms. The third-order valence-corrected chi connectivity index (χ3v) is 8.21. The Morgan fingerprint density at radius 1 is 1.03 bits per heavy atom. The molecule has 2 fully saturated rings. The first-order valence-corrected chi connectivity index (χ1v) is 13.8. The van der Waals surface area contributed by atoms with Gasteiger partial charge in [-0.2, -0.15) is 0 Å². The van der Waals surface area contributed by atoms with E-state index in [2.05, 4.69) is 17.0 Å². The molecule has 37 heavy (non-hydrogen) atoms. The first-order valence-electron chi connectivity index (χ1n) is 12.6. The number of thioether (sulfide) groups is 1. The first kappa shape index (κ1) is 25.6. The second-order valence-electron chi connectivity index (χ2n) is 9.38. The van der Waals surface area contributed by atoms with Crippen LogP contribution in [-0.2, 0) is 4.79 Å². The van der Waals surface area contributed by atoms with Crippen molar-refractivity contribution in [2.75, 3.05) is 24.5 Å². The standard InChI is InChI=1S/C29H30ClFN4OS/c1-4-34-28(36)27(17-21-16-19(2)35(20(21)3)24-12-13-26(31)25(30)18-24)37-29(34)32-22-8-10-23(11-9-22)33-14-6-5-7-15-33/h8-13,16-18H,4-7,14-15H2,1-3H3/b27-17-,32-29?. The van der Waals surface area contributed by atoms with Crippen molar-refractivity contribution in [1.82, 2.24) is 9.47 Å². The fourth-order valence-corrected chi connectivity index (χ4v) is 6.20. The van der Waals surface area contributed by atoms with Crippen LogP contribution in [-0.4, -0.2) is 40.2 Å². The molecule has 3 aromatic rings. The molecule has 0 aliphatic carbocycles. The Balaban J connectivity index is 1.41. The molecule has 0 atom stereocenters. The number of hydrogen-bond acceptors (Lipinski definition) is 4. The number of rotatable bonds is 5. The van der Waals surface area contributed by atoms with Crippen LogP contribution < -0.4 is 4.90 Å². The second-order valence-corrected chi connectivity index (χ2v) is 10.8. The lowest BCUT2D eigenvalue weighted by atomic mass is 10.1. The second kappa shape index (κ2) is 10.8. The molecule has 0 bridgehead atoms. The van der Waals surface area contributed by atoms with Gasteiger partial charge in [-0.05, 0) is 112 Å². The third kappa shape index (κ3) is 5.20. The van der Waals surface area contributed by atoms with E-state index in [0.29, 0.717) is 16.6 Å². The largest absolute Gasteiger partial charge is 0.372 e. The number of carbonyl (C=O) groups excluding carboxylic acids is 1. The highest BCUT2D eigenvalue weighted by Crippen LogP contribution is 2.36. The summed E-state index contributed by atoms with van der Waals surface area (Å²) in [5, 5.41) is 0.762. The van der Waals surface area contributed by atoms with Gasteiger partial charge in [0.15, 0.2) is 5.17 Å². The molecule has 8 heteroatoms. The van der Waals surface area contributed by atoms with Crippen molar-refractivity contribution < 1.29 is 9.18 Å². The lowest BCUT2D eigenvalue weighted by molar-refractivity contribution is -0.122. The number of amides is 1. The van der Waals surface area contributed by atoms with Crippen molar-refractivity contribution >= 4 is 51.9 Å². The summed E-state index contributed by atoms with van der Waals surface area (Å²) in [6.45, 7) is 8.67. The van der Waals surface area contributed by atoms with Gasteiger partial charge in [0.2, 0.25) is 0 Å². The number of aromatic nitrogens is 1. The molecule has 2 aliphatic heterocycles. The molecule has 192 valence electrons. The van der Waals surface area contributed by atoms with Crippen LogP contribution in [0.25, 0.3) is 11.8 Å². The van der Waals surface area contributed by atoms with E-state index in [0.717, 1.165) is 41.4 Å². The Bertz CT molecular complexity index is 1390. The maximum atomic E-state index is 13.7. The van der Waals surface area contributed by atoms with Gasteiger partial charge in [-0.1, -0.05) is 11.6 Å². The highest BCUT2D eigenvalue weighted by Gasteiger charge is 2.32. The summed E-state index contributed by atoms with van der Waals surface area (Å²) >= 11 is 7.42. The van der Waals surface area contributed by atoms with Gasteiger partial charge in [0.1, 0.15) is 5.82 Å². The average molecular weight is 537 g/mol. The highest BCUT2D eigenvalue weighted by molar-refractivity contribution is 8.18. The van der Waals surface area contributed by atoms with Crippen LogP contribution in [0, 0.1) is 19.7 Å². The molecule has 2 aromatic carbocycles. The van der Waals surface area contributed by atoms with Gasteiger partial charge in [-0.25, -0.2) is 9.38 Å². The summed E-state index contributed by atoms with van der Waals surface area (Å²) in [6.07, 6.45) is 5.70. The number of nitrogens with zero attached hydrogens (tertiary/aromatic N) is 4. The number of likely N-dealkylation sites (N-methyl/N-ethyl adjacent to an activating group) is 1. The normalized spacial score (nSPS) is 18.5. The van der Waals surface area contributed by atoms with E-state index in [1.54, 1.807) is 17.0 Å². The zero-order valence-electron chi connectivity index (χ0n) is 21.3. The summed E-state index contributed by atoms with van der Waals surface area (Å²) in [7, 11) is 0. The minimum atomic E-state index is -0.448. The number of aliphatic imine (C=N–C) groups is 1. The zero-order chi connectivity index (χ0) is 26.1. The van der Waals surface area contributed by atoms with Crippen LogP contribution in [0.4, 0.5) is 15.8 Å². The Labute approximate surface area is 226 Å². The van der Waals surface area contributed by atoms with E-state index in [-0.39, 0.29) is 10.9 Å². The minimum Gasteiger partial charge on any atom is -0.372 e. The van der Waals surface area contributed by atoms with Crippen LogP contribution >= 0.6 is 23.4 Å². The number of aryl methyl sites for hydroxylation is 1. The SMILES string of the molecule is CCN1C(=O)/C(=C/c2cc(C)n(-c3ccc(F)c(Cl)c3)c2C)SC1=Nc1ccc(N2CCCCC2)cc1. The van der Waals surface area contributed by atoms with Crippen molar-refractivity contribution in [2.24, 2.45) is 4.99 Å². The van der Waals surface area contributed by atoms with Gasteiger partial charge in [0.25, 0.3) is 5.91 Å². The van der Waals surface area contributed by atoms with Crippen LogP contribution in [0.3, 0.4) is 0 Å². The average Bonchev–Trinajstić information content (AvgIpc) is 3.35. The quantitative estimate of drug-likeness (QED) is 0.317. The summed E-state index contributed by atoms with van der Waals surface area (Å²) in [4.78, 5) is 22.8. The van der Waals surface area contributed by atoms with Crippen molar-refractivity contribution in [3.63, 3.8) is 0 Å². The van der Waals surface area contributed by atoms with Crippen LogP contribution in [0.1, 0.15) is 43.1 Å². The van der Waals surface area contributed by atoms with E-state index < -0.39 is 5.82 Å². The maximum absolute atomic E-state index is 13.7. The fraction of sp³-hybridized carbons (Fsp3) is 0.310. The van der Waals surface area contributed by atoms with Gasteiger partial charge < -0.3 is 9.47 Å². The molecule has 0 N–H and O–H groups in total. The molecule has 2 saturated heterocycles. The van der Waals surface area contributed by atoms with E-state index in [1.165, 1.54) is 42.8 Å². The van der Waals surface area contributed by atoms with Crippen molar-refractivity contribution in [2.45, 2.75) is 40.0 Å². The minimum absolute atomic E-state index is 0.0502. The number of benzene rings is 2. The zero-order valence-corrected chi connectivity index (χ0v) is 22.9. The molecule has 1 aromatic heterocycles. The number of halogens is 2. The topological polar surface area (TPSA) is 40.8 Å². The Hall–Kier alpha value is -3.03. The summed E-state index contributed by atoms with van der Waals surface area (Å²) < 4.78 is 15.7. The molecule has 3 heterocycles. The Kier molecular flexibility index (Phi) is 7.45. The van der Waals surface area contributed by atoms with E-state index in [9.17, 15) is 9.18 Å². The maximum Gasteiger partial charge on any atom is 0.266 e. The monoisotopic (exact) mass is 536 g/mol. The van der Waals surface area contributed by atoms with Crippen LogP contribution in [0.5, 0.6) is 0 Å². The lowest BCUT2D eigenvalue weighted by Crippen LogP contribution is -2.29. The lowest BCUT2D eigenvalue weighted by Gasteiger charge is -2.28. The number of amidine groups is 1. The molecule has 5 rings (SSSR count). The molecule has 1 amide bonds. The molecule has 0 unspecified atom stereocenters. The van der Waals surface area contributed by atoms with Gasteiger partial charge >= 0.3 is 0 Å². The predicted molar refractivity (Wildman–Crippen MR) is 153 cm³/mol. The summed E-state index contributed by atoms with van der Waals surface area (Å²) in [6, 6.07) is 15.0. The Morgan fingerprint density at radius 2 is 1.73 bits per heavy atom. The van der Waals surface area contributed by atoms with Crippen molar-refractivity contribution in [3.05, 3.63) is 81.2 Å².